The van der Waals surface area contributed by atoms with Crippen molar-refractivity contribution in [2.24, 2.45) is 11.6 Å². The molecule has 0 aliphatic carbocycles. The van der Waals surface area contributed by atoms with E-state index in [2.05, 4.69) is 15.4 Å². The summed E-state index contributed by atoms with van der Waals surface area (Å²) in [6.45, 7) is 10.1. The number of hydrogen-bond donors (Lipinski definition) is 3. The van der Waals surface area contributed by atoms with Crippen molar-refractivity contribution in [2.75, 3.05) is 16.9 Å². The molecule has 0 atom stereocenters. The topological polar surface area (TPSA) is 110 Å². The normalized spacial score (nSPS) is 11.6. The Morgan fingerprint density at radius 3 is 2.40 bits per heavy atom. The average Bonchev–Trinajstić information content (AvgIpc) is 2.33. The highest BCUT2D eigenvalue weighted by molar-refractivity contribution is 5.79. The lowest BCUT2D eigenvalue weighted by molar-refractivity contribution is -0.116. The first-order chi connectivity index (χ1) is 9.15. The summed E-state index contributed by atoms with van der Waals surface area (Å²) in [4.78, 5) is 21.9. The molecule has 0 fully saturated rings. The van der Waals surface area contributed by atoms with Gasteiger partial charge in [0.15, 0.2) is 0 Å². The minimum atomic E-state index is -0.406. The minimum Gasteiger partial charge on any atom is -0.368 e. The molecule has 0 aliphatic rings. The van der Waals surface area contributed by atoms with E-state index in [0.717, 1.165) is 0 Å². The number of carbonyl (C=O) groups is 1. The number of rotatable bonds is 5. The first kappa shape index (κ1) is 16.2. The zero-order valence-corrected chi connectivity index (χ0v) is 12.8. The van der Waals surface area contributed by atoms with Gasteiger partial charge in [-0.1, -0.05) is 20.8 Å². The van der Waals surface area contributed by atoms with Crippen molar-refractivity contribution in [1.29, 1.82) is 0 Å². The van der Waals surface area contributed by atoms with Crippen molar-refractivity contribution in [3.63, 3.8) is 0 Å². The quantitative estimate of drug-likeness (QED) is 0.542. The van der Waals surface area contributed by atoms with Gasteiger partial charge in [0.2, 0.25) is 5.91 Å². The van der Waals surface area contributed by atoms with Crippen LogP contribution in [0.15, 0.2) is 6.07 Å². The Hall–Kier alpha value is -1.89. The molecule has 0 unspecified atom stereocenters. The molecule has 1 rings (SSSR count). The van der Waals surface area contributed by atoms with Crippen molar-refractivity contribution < 1.29 is 4.79 Å². The van der Waals surface area contributed by atoms with Crippen LogP contribution in [0.1, 0.15) is 40.4 Å². The van der Waals surface area contributed by atoms with E-state index in [4.69, 9.17) is 11.6 Å². The van der Waals surface area contributed by atoms with E-state index in [1.807, 2.05) is 39.5 Å². The molecule has 0 spiro atoms. The third-order valence-electron chi connectivity index (χ3n) is 2.78. The fraction of sp³-hybridized carbons (Fsp3) is 0.615. The van der Waals surface area contributed by atoms with Gasteiger partial charge in [-0.25, -0.2) is 15.8 Å². The third kappa shape index (κ3) is 4.06. The lowest BCUT2D eigenvalue weighted by Gasteiger charge is -2.28. The van der Waals surface area contributed by atoms with Crippen LogP contribution in [0.2, 0.25) is 0 Å². The molecular weight excluding hydrogens is 256 g/mol. The largest absolute Gasteiger partial charge is 0.368 e. The number of carbonyl (C=O) groups excluding carboxylic acids is 1. The first-order valence-corrected chi connectivity index (χ1v) is 6.56. The van der Waals surface area contributed by atoms with Crippen LogP contribution < -0.4 is 21.9 Å². The molecule has 0 aromatic carbocycles. The van der Waals surface area contributed by atoms with Crippen LogP contribution in [0, 0.1) is 0 Å². The van der Waals surface area contributed by atoms with Crippen molar-refractivity contribution in [1.82, 2.24) is 9.97 Å². The maximum atomic E-state index is 11.2. The number of nitrogens with zero attached hydrogens (tertiary/aromatic N) is 3. The van der Waals surface area contributed by atoms with Gasteiger partial charge in [0.1, 0.15) is 17.5 Å². The van der Waals surface area contributed by atoms with Gasteiger partial charge in [0.25, 0.3) is 0 Å². The van der Waals surface area contributed by atoms with E-state index < -0.39 is 5.91 Å². The van der Waals surface area contributed by atoms with Crippen LogP contribution in [0.4, 0.5) is 11.6 Å². The Morgan fingerprint density at radius 1 is 1.40 bits per heavy atom. The Bertz CT molecular complexity index is 480. The molecule has 0 saturated heterocycles. The van der Waals surface area contributed by atoms with Crippen LogP contribution in [0.25, 0.3) is 0 Å². The van der Waals surface area contributed by atoms with Crippen molar-refractivity contribution in [3.05, 3.63) is 11.9 Å². The monoisotopic (exact) mass is 280 g/mol. The molecule has 0 saturated carbocycles. The van der Waals surface area contributed by atoms with Gasteiger partial charge in [-0.15, -0.1) is 0 Å². The highest BCUT2D eigenvalue weighted by Crippen LogP contribution is 2.24. The second kappa shape index (κ2) is 6.04. The number of hydrogen-bond acceptors (Lipinski definition) is 6. The summed E-state index contributed by atoms with van der Waals surface area (Å²) in [7, 11) is 0. The van der Waals surface area contributed by atoms with Gasteiger partial charge in [-0.05, 0) is 13.8 Å². The van der Waals surface area contributed by atoms with E-state index in [1.165, 1.54) is 0 Å². The van der Waals surface area contributed by atoms with Crippen LogP contribution in [0.5, 0.6) is 0 Å². The lowest BCUT2D eigenvalue weighted by Crippen LogP contribution is -2.39. The summed E-state index contributed by atoms with van der Waals surface area (Å²) in [5.41, 5.74) is 7.61. The smallest absolute Gasteiger partial charge is 0.237 e. The van der Waals surface area contributed by atoms with Crippen LogP contribution in [-0.4, -0.2) is 28.5 Å². The van der Waals surface area contributed by atoms with E-state index in [-0.39, 0.29) is 18.0 Å². The molecule has 7 nitrogen and oxygen atoms in total. The maximum absolute atomic E-state index is 11.2. The molecule has 5 N–H and O–H groups in total. The van der Waals surface area contributed by atoms with E-state index in [0.29, 0.717) is 17.5 Å². The molecule has 1 aromatic rings. The number of nitrogens with two attached hydrogens (primary N) is 2. The molecule has 1 amide bonds. The van der Waals surface area contributed by atoms with Crippen LogP contribution in [-0.2, 0) is 10.2 Å². The number of aromatic nitrogens is 2. The molecule has 1 heterocycles. The highest BCUT2D eigenvalue weighted by atomic mass is 16.1. The van der Waals surface area contributed by atoms with Gasteiger partial charge in [-0.3, -0.25) is 4.79 Å². The Labute approximate surface area is 119 Å². The second-order valence-corrected chi connectivity index (χ2v) is 6.02. The fourth-order valence-electron chi connectivity index (χ4n) is 1.69. The summed E-state index contributed by atoms with van der Waals surface area (Å²) in [5.74, 6) is 6.84. The van der Waals surface area contributed by atoms with Gasteiger partial charge < -0.3 is 16.1 Å². The summed E-state index contributed by atoms with van der Waals surface area (Å²) < 4.78 is 0. The zero-order valence-electron chi connectivity index (χ0n) is 12.8. The summed E-state index contributed by atoms with van der Waals surface area (Å²) in [5, 5.41) is 0. The Balaban J connectivity index is 3.30. The second-order valence-electron chi connectivity index (χ2n) is 6.02. The maximum Gasteiger partial charge on any atom is 0.237 e. The standard InChI is InChI=1S/C13H24N6O/c1-8(2)19(7-9(14)20)11-6-10(18-15)16-12(17-11)13(3,4)5/h6,8H,7,15H2,1-5H3,(H2,14,20)(H,16,17,18). The number of amides is 1. The number of hydrazine groups is 1. The van der Waals surface area contributed by atoms with E-state index >= 15 is 0 Å². The highest BCUT2D eigenvalue weighted by Gasteiger charge is 2.22. The first-order valence-electron chi connectivity index (χ1n) is 6.56. The van der Waals surface area contributed by atoms with Gasteiger partial charge >= 0.3 is 0 Å². The Morgan fingerprint density at radius 2 is 2.00 bits per heavy atom. The summed E-state index contributed by atoms with van der Waals surface area (Å²) in [6, 6.07) is 1.79. The molecule has 1 aromatic heterocycles. The average molecular weight is 280 g/mol. The van der Waals surface area contributed by atoms with Gasteiger partial charge in [-0.2, -0.15) is 0 Å². The van der Waals surface area contributed by atoms with Crippen molar-refractivity contribution in [3.8, 4) is 0 Å². The number of nitrogen functional groups attached to an aromatic ring is 1. The van der Waals surface area contributed by atoms with E-state index in [1.54, 1.807) is 6.07 Å². The molecule has 7 heteroatoms. The zero-order chi connectivity index (χ0) is 15.5. The van der Waals surface area contributed by atoms with Crippen molar-refractivity contribution in [2.45, 2.75) is 46.1 Å². The van der Waals surface area contributed by atoms with Gasteiger partial charge in [0, 0.05) is 17.5 Å². The minimum absolute atomic E-state index is 0.0795. The molecule has 112 valence electrons. The number of anilines is 2. The van der Waals surface area contributed by atoms with E-state index in [9.17, 15) is 4.79 Å². The third-order valence-corrected chi connectivity index (χ3v) is 2.78. The molecule has 0 bridgehead atoms. The lowest BCUT2D eigenvalue weighted by atomic mass is 9.96. The predicted molar refractivity (Wildman–Crippen MR) is 80.2 cm³/mol. The summed E-state index contributed by atoms with van der Waals surface area (Å²) in [6.07, 6.45) is 0. The molecule has 20 heavy (non-hydrogen) atoms. The molecule has 0 aliphatic heterocycles. The number of nitrogens with one attached hydrogen (secondary N) is 1. The fourth-order valence-corrected chi connectivity index (χ4v) is 1.69. The SMILES string of the molecule is CC(C)N(CC(N)=O)c1cc(NN)nc(C(C)(C)C)n1. The molecular formula is C13H24N6O. The Kier molecular flexibility index (Phi) is 4.88. The van der Waals surface area contributed by atoms with Crippen LogP contribution in [0.3, 0.4) is 0 Å². The van der Waals surface area contributed by atoms with Gasteiger partial charge in [0.05, 0.1) is 6.54 Å². The summed E-state index contributed by atoms with van der Waals surface area (Å²) >= 11 is 0. The molecule has 0 radical (unpaired) electrons. The van der Waals surface area contributed by atoms with Crippen LogP contribution >= 0.6 is 0 Å². The predicted octanol–water partition coefficient (Wildman–Crippen LogP) is 0.760. The van der Waals surface area contributed by atoms with Crippen molar-refractivity contribution >= 4 is 17.5 Å². The number of primary amides is 1.